The summed E-state index contributed by atoms with van der Waals surface area (Å²) in [6, 6.07) is 1.43. The molecule has 1 atom stereocenters. The number of aromatic nitrogens is 1. The summed E-state index contributed by atoms with van der Waals surface area (Å²) in [4.78, 5) is 14.2. The molecular formula is C10H14N2O5. The number of rotatable bonds is 5. The second-order valence-corrected chi connectivity index (χ2v) is 3.26. The number of hydrogen-bond acceptors (Lipinski definition) is 6. The highest BCUT2D eigenvalue weighted by atomic mass is 16.6. The quantitative estimate of drug-likeness (QED) is 0.475. The molecule has 1 rings (SSSR count). The van der Waals surface area contributed by atoms with Gasteiger partial charge in [-0.15, -0.1) is 0 Å². The number of aliphatic hydroxyl groups is 1. The second kappa shape index (κ2) is 5.55. The highest BCUT2D eigenvalue weighted by Crippen LogP contribution is 2.34. The third-order valence-electron chi connectivity index (χ3n) is 2.07. The Labute approximate surface area is 98.2 Å². The molecule has 94 valence electrons. The van der Waals surface area contributed by atoms with Crippen molar-refractivity contribution in [1.82, 2.24) is 4.98 Å². The lowest BCUT2D eigenvalue weighted by atomic mass is 10.2. The maximum Gasteiger partial charge on any atom is 0.337 e. The van der Waals surface area contributed by atoms with Gasteiger partial charge in [0.2, 0.25) is 12.0 Å². The van der Waals surface area contributed by atoms with Crippen LogP contribution in [0.2, 0.25) is 0 Å². The van der Waals surface area contributed by atoms with Crippen LogP contribution < -0.4 is 4.74 Å². The molecular weight excluding hydrogens is 228 g/mol. The monoisotopic (exact) mass is 242 g/mol. The molecule has 0 amide bonds. The van der Waals surface area contributed by atoms with Crippen molar-refractivity contribution in [3.8, 4) is 5.75 Å². The van der Waals surface area contributed by atoms with Gasteiger partial charge in [-0.05, 0) is 13.8 Å². The first kappa shape index (κ1) is 13.3. The van der Waals surface area contributed by atoms with Crippen molar-refractivity contribution in [1.29, 1.82) is 0 Å². The van der Waals surface area contributed by atoms with Crippen molar-refractivity contribution in [3.63, 3.8) is 0 Å². The third-order valence-corrected chi connectivity index (χ3v) is 2.07. The summed E-state index contributed by atoms with van der Waals surface area (Å²) in [6.07, 6.45) is -1.44. The normalized spacial score (nSPS) is 12.2. The average Bonchev–Trinajstić information content (AvgIpc) is 2.27. The van der Waals surface area contributed by atoms with Gasteiger partial charge >= 0.3 is 5.69 Å². The van der Waals surface area contributed by atoms with Gasteiger partial charge in [0, 0.05) is 18.4 Å². The van der Waals surface area contributed by atoms with Crippen molar-refractivity contribution in [2.45, 2.75) is 20.1 Å². The predicted octanol–water partition coefficient (Wildman–Crippen LogP) is 1.33. The first-order chi connectivity index (χ1) is 8.01. The molecule has 0 bridgehead atoms. The molecule has 0 aliphatic carbocycles. The Hall–Kier alpha value is -1.73. The van der Waals surface area contributed by atoms with Gasteiger partial charge < -0.3 is 14.6 Å². The van der Waals surface area contributed by atoms with Gasteiger partial charge in [-0.3, -0.25) is 10.1 Å². The Morgan fingerprint density at radius 1 is 1.65 bits per heavy atom. The summed E-state index contributed by atoms with van der Waals surface area (Å²) in [6.45, 7) is 3.53. The number of nitro groups is 1. The summed E-state index contributed by atoms with van der Waals surface area (Å²) >= 11 is 0. The van der Waals surface area contributed by atoms with E-state index < -0.39 is 11.2 Å². The molecule has 1 N–H and O–H groups in total. The van der Waals surface area contributed by atoms with Crippen molar-refractivity contribution >= 4 is 5.69 Å². The highest BCUT2D eigenvalue weighted by molar-refractivity contribution is 5.51. The van der Waals surface area contributed by atoms with Crippen LogP contribution >= 0.6 is 0 Å². The molecule has 0 saturated heterocycles. The van der Waals surface area contributed by atoms with Gasteiger partial charge in [-0.1, -0.05) is 0 Å². The van der Waals surface area contributed by atoms with Gasteiger partial charge in [0.1, 0.15) is 0 Å². The zero-order valence-electron chi connectivity index (χ0n) is 9.84. The number of methoxy groups -OCH3 is 1. The molecule has 0 aliphatic heterocycles. The number of aliphatic hydroxyl groups excluding tert-OH is 1. The molecule has 0 radical (unpaired) electrons. The van der Waals surface area contributed by atoms with E-state index in [2.05, 4.69) is 4.98 Å². The van der Waals surface area contributed by atoms with Crippen LogP contribution in [-0.4, -0.2) is 28.7 Å². The summed E-state index contributed by atoms with van der Waals surface area (Å²) in [5.41, 5.74) is -0.0195. The number of hydrogen-bond donors (Lipinski definition) is 1. The van der Waals surface area contributed by atoms with Gasteiger partial charge in [0.15, 0.2) is 5.69 Å². The van der Waals surface area contributed by atoms with Crippen LogP contribution in [0.3, 0.4) is 0 Å². The van der Waals surface area contributed by atoms with Crippen LogP contribution in [0.5, 0.6) is 5.75 Å². The molecule has 17 heavy (non-hydrogen) atoms. The summed E-state index contributed by atoms with van der Waals surface area (Å²) in [5, 5.41) is 20.6. The van der Waals surface area contributed by atoms with Crippen LogP contribution in [0.1, 0.15) is 24.6 Å². The fourth-order valence-electron chi connectivity index (χ4n) is 1.41. The number of aryl methyl sites for hydroxylation is 1. The molecule has 7 nitrogen and oxygen atoms in total. The molecule has 0 aromatic carbocycles. The number of nitrogens with zero attached hydrogens (tertiary/aromatic N) is 2. The lowest BCUT2D eigenvalue weighted by Crippen LogP contribution is -2.10. The van der Waals surface area contributed by atoms with Crippen LogP contribution in [0.15, 0.2) is 6.07 Å². The maximum absolute atomic E-state index is 10.9. The molecule has 1 heterocycles. The van der Waals surface area contributed by atoms with E-state index in [0.717, 1.165) is 0 Å². The fraction of sp³-hybridized carbons (Fsp3) is 0.500. The SMILES string of the molecule is CCOC(O)c1nc(C)cc(OC)c1[N+](=O)[O-]. The zero-order valence-corrected chi connectivity index (χ0v) is 9.84. The summed E-state index contributed by atoms with van der Waals surface area (Å²) in [5.74, 6) is 0.0521. The molecule has 0 fully saturated rings. The molecule has 0 saturated carbocycles. The van der Waals surface area contributed by atoms with E-state index in [-0.39, 0.29) is 23.7 Å². The Bertz CT molecular complexity index is 421. The van der Waals surface area contributed by atoms with Crippen LogP contribution in [0.4, 0.5) is 5.69 Å². The Balaban J connectivity index is 3.34. The Morgan fingerprint density at radius 2 is 2.29 bits per heavy atom. The Morgan fingerprint density at radius 3 is 2.76 bits per heavy atom. The maximum atomic E-state index is 10.9. The molecule has 7 heteroatoms. The van der Waals surface area contributed by atoms with E-state index in [9.17, 15) is 15.2 Å². The standard InChI is InChI=1S/C10H14N2O5/c1-4-17-10(13)8-9(12(14)15)7(16-3)5-6(2)11-8/h5,10,13H,4H2,1-3H3. The average molecular weight is 242 g/mol. The Kier molecular flexibility index (Phi) is 4.36. The molecule has 0 spiro atoms. The van der Waals surface area contributed by atoms with E-state index in [1.807, 2.05) is 0 Å². The van der Waals surface area contributed by atoms with Crippen molar-refractivity contribution in [2.24, 2.45) is 0 Å². The van der Waals surface area contributed by atoms with Crippen molar-refractivity contribution in [3.05, 3.63) is 27.6 Å². The van der Waals surface area contributed by atoms with Crippen LogP contribution in [0.25, 0.3) is 0 Å². The lowest BCUT2D eigenvalue weighted by Gasteiger charge is -2.12. The fourth-order valence-corrected chi connectivity index (χ4v) is 1.41. The van der Waals surface area contributed by atoms with Gasteiger partial charge in [0.05, 0.1) is 12.0 Å². The first-order valence-corrected chi connectivity index (χ1v) is 5.00. The van der Waals surface area contributed by atoms with E-state index in [1.54, 1.807) is 13.8 Å². The van der Waals surface area contributed by atoms with E-state index in [1.165, 1.54) is 13.2 Å². The van der Waals surface area contributed by atoms with E-state index >= 15 is 0 Å². The molecule has 1 unspecified atom stereocenters. The van der Waals surface area contributed by atoms with E-state index in [4.69, 9.17) is 9.47 Å². The number of ether oxygens (including phenoxy) is 2. The van der Waals surface area contributed by atoms with Gasteiger partial charge in [-0.2, -0.15) is 0 Å². The molecule has 0 aliphatic rings. The van der Waals surface area contributed by atoms with E-state index in [0.29, 0.717) is 5.69 Å². The highest BCUT2D eigenvalue weighted by Gasteiger charge is 2.28. The third kappa shape index (κ3) is 2.89. The minimum absolute atomic E-state index is 0.0521. The minimum atomic E-state index is -1.44. The minimum Gasteiger partial charge on any atom is -0.490 e. The summed E-state index contributed by atoms with van der Waals surface area (Å²) in [7, 11) is 1.32. The number of pyridine rings is 1. The summed E-state index contributed by atoms with van der Waals surface area (Å²) < 4.78 is 9.81. The van der Waals surface area contributed by atoms with Crippen LogP contribution in [0, 0.1) is 17.0 Å². The smallest absolute Gasteiger partial charge is 0.337 e. The van der Waals surface area contributed by atoms with Gasteiger partial charge in [-0.25, -0.2) is 4.98 Å². The second-order valence-electron chi connectivity index (χ2n) is 3.26. The zero-order chi connectivity index (χ0) is 13.0. The lowest BCUT2D eigenvalue weighted by molar-refractivity contribution is -0.388. The van der Waals surface area contributed by atoms with Crippen LogP contribution in [-0.2, 0) is 4.74 Å². The van der Waals surface area contributed by atoms with Crippen molar-refractivity contribution in [2.75, 3.05) is 13.7 Å². The molecule has 1 aromatic heterocycles. The first-order valence-electron chi connectivity index (χ1n) is 5.00. The van der Waals surface area contributed by atoms with Gasteiger partial charge in [0.25, 0.3) is 0 Å². The predicted molar refractivity (Wildman–Crippen MR) is 58.8 cm³/mol. The largest absolute Gasteiger partial charge is 0.490 e. The van der Waals surface area contributed by atoms with Crippen molar-refractivity contribution < 1.29 is 19.5 Å². The molecule has 1 aromatic rings. The topological polar surface area (TPSA) is 94.7 Å².